The zero-order valence-corrected chi connectivity index (χ0v) is 15.0. The normalized spacial score (nSPS) is 20.9. The summed E-state index contributed by atoms with van der Waals surface area (Å²) in [5.74, 6) is 0.869. The van der Waals surface area contributed by atoms with E-state index in [1.807, 2.05) is 12.1 Å². The van der Waals surface area contributed by atoms with E-state index in [0.29, 0.717) is 17.6 Å². The van der Waals surface area contributed by atoms with Crippen LogP contribution in [0.1, 0.15) is 20.3 Å². The Kier molecular flexibility index (Phi) is 6.45. The lowest BCUT2D eigenvalue weighted by molar-refractivity contribution is -0.154. The van der Waals surface area contributed by atoms with Crippen molar-refractivity contribution in [1.82, 2.24) is 4.90 Å². The van der Waals surface area contributed by atoms with Crippen molar-refractivity contribution in [1.29, 1.82) is 0 Å². The van der Waals surface area contributed by atoms with Gasteiger partial charge in [-0.3, -0.25) is 4.79 Å². The van der Waals surface area contributed by atoms with Crippen LogP contribution >= 0.6 is 15.9 Å². The predicted molar refractivity (Wildman–Crippen MR) is 90.1 cm³/mol. The number of carbonyl (C=O) groups excluding carboxylic acids is 2. The van der Waals surface area contributed by atoms with E-state index in [1.54, 1.807) is 17.0 Å². The molecule has 1 aromatic carbocycles. The highest BCUT2D eigenvalue weighted by Crippen LogP contribution is 2.21. The molecule has 0 bridgehead atoms. The molecule has 2 rings (SSSR count). The molecule has 1 saturated heterocycles. The molecule has 1 amide bonds. The Hall–Kier alpha value is -1.56. The second kappa shape index (κ2) is 8.34. The van der Waals surface area contributed by atoms with E-state index in [4.69, 9.17) is 9.47 Å². The zero-order valence-electron chi connectivity index (χ0n) is 13.5. The van der Waals surface area contributed by atoms with E-state index in [1.165, 1.54) is 0 Å². The smallest absolute Gasteiger partial charge is 0.344 e. The first-order valence-corrected chi connectivity index (χ1v) is 8.55. The summed E-state index contributed by atoms with van der Waals surface area (Å²) in [5.41, 5.74) is 0. The highest BCUT2D eigenvalue weighted by molar-refractivity contribution is 9.10. The van der Waals surface area contributed by atoms with Gasteiger partial charge in [-0.2, -0.15) is 0 Å². The van der Waals surface area contributed by atoms with Gasteiger partial charge in [-0.1, -0.05) is 29.8 Å². The Morgan fingerprint density at radius 2 is 1.74 bits per heavy atom. The van der Waals surface area contributed by atoms with Crippen molar-refractivity contribution in [3.8, 4) is 5.75 Å². The number of likely N-dealkylation sites (tertiary alicyclic amines) is 1. The molecule has 1 fully saturated rings. The van der Waals surface area contributed by atoms with Crippen LogP contribution in [0, 0.1) is 11.8 Å². The number of carbonyl (C=O) groups is 2. The second-order valence-electron chi connectivity index (χ2n) is 6.15. The van der Waals surface area contributed by atoms with Crippen LogP contribution in [-0.2, 0) is 14.3 Å². The first-order chi connectivity index (χ1) is 10.9. The molecule has 126 valence electrons. The van der Waals surface area contributed by atoms with Gasteiger partial charge in [0.15, 0.2) is 13.2 Å². The third-order valence-corrected chi connectivity index (χ3v) is 4.28. The van der Waals surface area contributed by atoms with Crippen LogP contribution in [0.3, 0.4) is 0 Å². The number of amides is 1. The summed E-state index contributed by atoms with van der Waals surface area (Å²) in [5, 5.41) is 0. The summed E-state index contributed by atoms with van der Waals surface area (Å²) in [6.45, 7) is 5.30. The Morgan fingerprint density at radius 1 is 1.13 bits per heavy atom. The highest BCUT2D eigenvalue weighted by atomic mass is 79.9. The highest BCUT2D eigenvalue weighted by Gasteiger charge is 2.25. The Bertz CT molecular complexity index is 536. The Morgan fingerprint density at radius 3 is 2.35 bits per heavy atom. The maximum atomic E-state index is 12.1. The number of halogens is 1. The van der Waals surface area contributed by atoms with E-state index < -0.39 is 5.97 Å². The van der Waals surface area contributed by atoms with Gasteiger partial charge in [0.1, 0.15) is 5.75 Å². The quantitative estimate of drug-likeness (QED) is 0.733. The molecule has 1 aliphatic heterocycles. The number of benzene rings is 1. The minimum absolute atomic E-state index is 0.139. The molecule has 0 saturated carbocycles. The van der Waals surface area contributed by atoms with Crippen LogP contribution in [-0.4, -0.2) is 43.1 Å². The van der Waals surface area contributed by atoms with Gasteiger partial charge in [-0.25, -0.2) is 4.79 Å². The van der Waals surface area contributed by atoms with E-state index in [2.05, 4.69) is 29.8 Å². The average molecular weight is 384 g/mol. The van der Waals surface area contributed by atoms with E-state index in [0.717, 1.165) is 24.0 Å². The lowest BCUT2D eigenvalue weighted by Gasteiger charge is -2.34. The van der Waals surface area contributed by atoms with Crippen molar-refractivity contribution in [2.24, 2.45) is 11.8 Å². The van der Waals surface area contributed by atoms with Gasteiger partial charge >= 0.3 is 5.97 Å². The molecule has 1 aromatic rings. The molecule has 6 heteroatoms. The lowest BCUT2D eigenvalue weighted by Crippen LogP contribution is -2.44. The van der Waals surface area contributed by atoms with E-state index >= 15 is 0 Å². The fourth-order valence-corrected chi connectivity index (χ4v) is 3.08. The summed E-state index contributed by atoms with van der Waals surface area (Å²) in [4.78, 5) is 25.6. The number of piperidine rings is 1. The minimum atomic E-state index is -0.542. The topological polar surface area (TPSA) is 55.8 Å². The predicted octanol–water partition coefficient (Wildman–Crippen LogP) is 2.88. The number of hydrogen-bond acceptors (Lipinski definition) is 4. The van der Waals surface area contributed by atoms with Gasteiger partial charge in [0.05, 0.1) is 0 Å². The van der Waals surface area contributed by atoms with Crippen molar-refractivity contribution in [3.63, 3.8) is 0 Å². The summed E-state index contributed by atoms with van der Waals surface area (Å²) in [6.07, 6.45) is 1.13. The SMILES string of the molecule is C[C@H]1C[C@H](C)CN(C(=O)COC(=O)COc2ccc(Br)cc2)C1. The zero-order chi connectivity index (χ0) is 16.8. The van der Waals surface area contributed by atoms with Gasteiger partial charge in [0, 0.05) is 17.6 Å². The minimum Gasteiger partial charge on any atom is -0.482 e. The van der Waals surface area contributed by atoms with Crippen LogP contribution in [0.25, 0.3) is 0 Å². The van der Waals surface area contributed by atoms with Gasteiger partial charge in [0.25, 0.3) is 5.91 Å². The molecule has 2 atom stereocenters. The fraction of sp³-hybridized carbons (Fsp3) is 0.529. The summed E-state index contributed by atoms with van der Waals surface area (Å²) < 4.78 is 11.3. The molecule has 0 spiro atoms. The molecule has 23 heavy (non-hydrogen) atoms. The van der Waals surface area contributed by atoms with Crippen molar-refractivity contribution < 1.29 is 19.1 Å². The van der Waals surface area contributed by atoms with Crippen LogP contribution in [0.2, 0.25) is 0 Å². The Labute approximate surface area is 145 Å². The van der Waals surface area contributed by atoms with Crippen molar-refractivity contribution in [3.05, 3.63) is 28.7 Å². The van der Waals surface area contributed by atoms with Gasteiger partial charge < -0.3 is 14.4 Å². The van der Waals surface area contributed by atoms with Gasteiger partial charge in [-0.05, 0) is 42.5 Å². The molecule has 1 heterocycles. The van der Waals surface area contributed by atoms with Gasteiger partial charge in [-0.15, -0.1) is 0 Å². The number of hydrogen-bond donors (Lipinski definition) is 0. The molecule has 0 aliphatic carbocycles. The van der Waals surface area contributed by atoms with Crippen molar-refractivity contribution in [2.45, 2.75) is 20.3 Å². The molecule has 0 N–H and O–H groups in total. The van der Waals surface area contributed by atoms with Crippen molar-refractivity contribution >= 4 is 27.8 Å². The van der Waals surface area contributed by atoms with Gasteiger partial charge in [0.2, 0.25) is 0 Å². The molecular formula is C17H22BrNO4. The molecular weight excluding hydrogens is 362 g/mol. The number of nitrogens with zero attached hydrogens (tertiary/aromatic N) is 1. The standard InChI is InChI=1S/C17H22BrNO4/c1-12-7-13(2)9-19(8-12)16(20)10-23-17(21)11-22-15-5-3-14(18)4-6-15/h3-6,12-13H,7-11H2,1-2H3/t12-,13-/m0/s1. The molecule has 0 radical (unpaired) electrons. The monoisotopic (exact) mass is 383 g/mol. The summed E-state index contributed by atoms with van der Waals surface area (Å²) >= 11 is 3.32. The maximum absolute atomic E-state index is 12.1. The first kappa shape index (κ1) is 17.8. The summed E-state index contributed by atoms with van der Waals surface area (Å²) in [7, 11) is 0. The van der Waals surface area contributed by atoms with Crippen LogP contribution in [0.15, 0.2) is 28.7 Å². The number of rotatable bonds is 5. The lowest BCUT2D eigenvalue weighted by atomic mass is 9.92. The van der Waals surface area contributed by atoms with Crippen LogP contribution in [0.5, 0.6) is 5.75 Å². The Balaban J connectivity index is 1.71. The van der Waals surface area contributed by atoms with E-state index in [9.17, 15) is 9.59 Å². The fourth-order valence-electron chi connectivity index (χ4n) is 2.81. The molecule has 1 aliphatic rings. The second-order valence-corrected chi connectivity index (χ2v) is 7.06. The van der Waals surface area contributed by atoms with E-state index in [-0.39, 0.29) is 19.1 Å². The molecule has 5 nitrogen and oxygen atoms in total. The number of ether oxygens (including phenoxy) is 2. The molecule has 0 unspecified atom stereocenters. The molecule has 0 aromatic heterocycles. The van der Waals surface area contributed by atoms with Crippen molar-refractivity contribution in [2.75, 3.05) is 26.3 Å². The first-order valence-electron chi connectivity index (χ1n) is 7.76. The summed E-state index contributed by atoms with van der Waals surface area (Å²) in [6, 6.07) is 7.14. The average Bonchev–Trinajstić information content (AvgIpc) is 2.51. The van der Waals surface area contributed by atoms with Crippen LogP contribution in [0.4, 0.5) is 0 Å². The maximum Gasteiger partial charge on any atom is 0.344 e. The number of esters is 1. The van der Waals surface area contributed by atoms with Crippen LogP contribution < -0.4 is 4.74 Å². The largest absolute Gasteiger partial charge is 0.482 e. The third-order valence-electron chi connectivity index (χ3n) is 3.75. The third kappa shape index (κ3) is 5.86.